The van der Waals surface area contributed by atoms with E-state index < -0.39 is 29.1 Å². The fourth-order valence-electron chi connectivity index (χ4n) is 2.16. The molecule has 0 aliphatic carbocycles. The van der Waals surface area contributed by atoms with Crippen LogP contribution >= 0.6 is 0 Å². The molecule has 0 saturated heterocycles. The van der Waals surface area contributed by atoms with Gasteiger partial charge in [0, 0.05) is 0 Å². The van der Waals surface area contributed by atoms with Crippen LogP contribution in [0.15, 0.2) is 47.4 Å². The SMILES string of the molecule is COc1cc(COC(=O)CNS(=O)(=O)c2ccc(C)cc2)ccc1OC(F)F. The molecular formula is C18H19F2NO6S. The summed E-state index contributed by atoms with van der Waals surface area (Å²) in [6, 6.07) is 10.2. The summed E-state index contributed by atoms with van der Waals surface area (Å²) in [5.41, 5.74) is 1.35. The average Bonchev–Trinajstić information content (AvgIpc) is 2.65. The van der Waals surface area contributed by atoms with Gasteiger partial charge in [-0.3, -0.25) is 4.79 Å². The smallest absolute Gasteiger partial charge is 0.387 e. The van der Waals surface area contributed by atoms with Crippen LogP contribution in [0.2, 0.25) is 0 Å². The molecule has 0 aromatic heterocycles. The third-order valence-electron chi connectivity index (χ3n) is 3.58. The minimum Gasteiger partial charge on any atom is -0.493 e. The number of esters is 1. The topological polar surface area (TPSA) is 90.9 Å². The van der Waals surface area contributed by atoms with Gasteiger partial charge in [0.1, 0.15) is 13.2 Å². The van der Waals surface area contributed by atoms with Crippen LogP contribution in [0.1, 0.15) is 11.1 Å². The van der Waals surface area contributed by atoms with Crippen LogP contribution in [-0.4, -0.2) is 34.7 Å². The first-order valence-electron chi connectivity index (χ1n) is 8.05. The van der Waals surface area contributed by atoms with Crippen molar-refractivity contribution in [2.24, 2.45) is 0 Å². The number of hydrogen-bond donors (Lipinski definition) is 1. The Bertz CT molecular complexity index is 916. The van der Waals surface area contributed by atoms with E-state index in [9.17, 15) is 22.0 Å². The highest BCUT2D eigenvalue weighted by Gasteiger charge is 2.16. The second-order valence-corrected chi connectivity index (χ2v) is 7.43. The van der Waals surface area contributed by atoms with Crippen LogP contribution in [0, 0.1) is 6.92 Å². The van der Waals surface area contributed by atoms with Gasteiger partial charge in [0.2, 0.25) is 10.0 Å². The molecule has 152 valence electrons. The van der Waals surface area contributed by atoms with Crippen molar-refractivity contribution in [2.45, 2.75) is 25.0 Å². The summed E-state index contributed by atoms with van der Waals surface area (Å²) < 4.78 is 65.3. The summed E-state index contributed by atoms with van der Waals surface area (Å²) in [6.07, 6.45) is 0. The number of methoxy groups -OCH3 is 1. The van der Waals surface area contributed by atoms with Gasteiger partial charge in [-0.15, -0.1) is 0 Å². The zero-order valence-corrected chi connectivity index (χ0v) is 16.0. The Morgan fingerprint density at radius 1 is 1.11 bits per heavy atom. The first-order valence-corrected chi connectivity index (χ1v) is 9.53. The molecule has 0 bridgehead atoms. The summed E-state index contributed by atoms with van der Waals surface area (Å²) >= 11 is 0. The monoisotopic (exact) mass is 415 g/mol. The lowest BCUT2D eigenvalue weighted by molar-refractivity contribution is -0.143. The standard InChI is InChI=1S/C18H19F2NO6S/c1-12-3-6-14(7-4-12)28(23,24)21-10-17(22)26-11-13-5-8-15(27-18(19)20)16(9-13)25-2/h3-9,18,21H,10-11H2,1-2H3. The van der Waals surface area contributed by atoms with Gasteiger partial charge < -0.3 is 14.2 Å². The van der Waals surface area contributed by atoms with Crippen molar-refractivity contribution in [3.63, 3.8) is 0 Å². The number of benzene rings is 2. The zero-order chi connectivity index (χ0) is 20.7. The Morgan fingerprint density at radius 3 is 2.39 bits per heavy atom. The fraction of sp³-hybridized carbons (Fsp3) is 0.278. The van der Waals surface area contributed by atoms with E-state index in [0.717, 1.165) is 5.56 Å². The number of hydrogen-bond acceptors (Lipinski definition) is 6. The molecule has 0 amide bonds. The Kier molecular flexibility index (Phi) is 7.30. The number of carbonyl (C=O) groups excluding carboxylic acids is 1. The van der Waals surface area contributed by atoms with Crippen LogP contribution in [0.25, 0.3) is 0 Å². The fourth-order valence-corrected chi connectivity index (χ4v) is 3.13. The highest BCUT2D eigenvalue weighted by Crippen LogP contribution is 2.29. The molecular weight excluding hydrogens is 396 g/mol. The first kappa shape index (κ1) is 21.6. The Balaban J connectivity index is 1.91. The molecule has 2 rings (SSSR count). The lowest BCUT2D eigenvalue weighted by atomic mass is 10.2. The summed E-state index contributed by atoms with van der Waals surface area (Å²) in [6.45, 7) is -1.93. The molecule has 0 heterocycles. The highest BCUT2D eigenvalue weighted by atomic mass is 32.2. The minimum absolute atomic E-state index is 0.0326. The van der Waals surface area contributed by atoms with Crippen LogP contribution in [-0.2, 0) is 26.2 Å². The Morgan fingerprint density at radius 2 is 1.79 bits per heavy atom. The molecule has 0 aliphatic heterocycles. The normalized spacial score (nSPS) is 11.3. The number of rotatable bonds is 9. The second kappa shape index (κ2) is 9.47. The van der Waals surface area contributed by atoms with Gasteiger partial charge in [-0.05, 0) is 36.8 Å². The van der Waals surface area contributed by atoms with E-state index in [1.54, 1.807) is 12.1 Å². The van der Waals surface area contributed by atoms with Crippen LogP contribution < -0.4 is 14.2 Å². The summed E-state index contributed by atoms with van der Waals surface area (Å²) in [7, 11) is -2.56. The van der Waals surface area contributed by atoms with Gasteiger partial charge in [-0.1, -0.05) is 23.8 Å². The number of ether oxygens (including phenoxy) is 3. The maximum Gasteiger partial charge on any atom is 0.387 e. The van der Waals surface area contributed by atoms with Gasteiger partial charge in [0.15, 0.2) is 11.5 Å². The summed E-state index contributed by atoms with van der Waals surface area (Å²) in [5, 5.41) is 0. The van der Waals surface area contributed by atoms with E-state index in [-0.39, 0.29) is 23.0 Å². The van der Waals surface area contributed by atoms with Gasteiger partial charge in [0.25, 0.3) is 0 Å². The molecule has 0 radical (unpaired) electrons. The quantitative estimate of drug-likeness (QED) is 0.633. The molecule has 10 heteroatoms. The van der Waals surface area contributed by atoms with Gasteiger partial charge in [0.05, 0.1) is 12.0 Å². The zero-order valence-electron chi connectivity index (χ0n) is 15.1. The Hall–Kier alpha value is -2.72. The number of alkyl halides is 2. The number of nitrogens with one attached hydrogen (secondary N) is 1. The average molecular weight is 415 g/mol. The van der Waals surface area contributed by atoms with E-state index >= 15 is 0 Å². The summed E-state index contributed by atoms with van der Waals surface area (Å²) in [4.78, 5) is 11.8. The molecule has 0 fully saturated rings. The Labute approximate surface area is 161 Å². The summed E-state index contributed by atoms with van der Waals surface area (Å²) in [5.74, 6) is -0.907. The van der Waals surface area contributed by atoms with Crippen molar-refractivity contribution in [1.29, 1.82) is 0 Å². The number of sulfonamides is 1. The van der Waals surface area contributed by atoms with Crippen molar-refractivity contribution in [2.75, 3.05) is 13.7 Å². The van der Waals surface area contributed by atoms with E-state index in [0.29, 0.717) is 5.56 Å². The van der Waals surface area contributed by atoms with Crippen LogP contribution in [0.3, 0.4) is 0 Å². The molecule has 1 N–H and O–H groups in total. The second-order valence-electron chi connectivity index (χ2n) is 5.66. The van der Waals surface area contributed by atoms with E-state index in [2.05, 4.69) is 9.46 Å². The largest absolute Gasteiger partial charge is 0.493 e. The number of aryl methyl sites for hydroxylation is 1. The predicted octanol–water partition coefficient (Wildman–Crippen LogP) is 2.63. The third-order valence-corrected chi connectivity index (χ3v) is 5.00. The van der Waals surface area contributed by atoms with Crippen molar-refractivity contribution < 1.29 is 36.2 Å². The van der Waals surface area contributed by atoms with Crippen LogP contribution in [0.5, 0.6) is 11.5 Å². The first-order chi connectivity index (χ1) is 13.2. The molecule has 7 nitrogen and oxygen atoms in total. The van der Waals surface area contributed by atoms with Gasteiger partial charge in [-0.2, -0.15) is 13.5 Å². The van der Waals surface area contributed by atoms with Crippen molar-refractivity contribution in [3.05, 3.63) is 53.6 Å². The molecule has 0 spiro atoms. The van der Waals surface area contributed by atoms with Gasteiger partial charge in [-0.25, -0.2) is 8.42 Å². The minimum atomic E-state index is -3.84. The molecule has 0 aliphatic rings. The van der Waals surface area contributed by atoms with Gasteiger partial charge >= 0.3 is 12.6 Å². The highest BCUT2D eigenvalue weighted by molar-refractivity contribution is 7.89. The lowest BCUT2D eigenvalue weighted by Gasteiger charge is -2.12. The van der Waals surface area contributed by atoms with E-state index in [1.807, 2.05) is 6.92 Å². The molecule has 28 heavy (non-hydrogen) atoms. The van der Waals surface area contributed by atoms with Crippen molar-refractivity contribution >= 4 is 16.0 Å². The number of carbonyl (C=O) groups is 1. The maximum atomic E-state index is 12.3. The molecule has 0 saturated carbocycles. The maximum absolute atomic E-state index is 12.3. The van der Waals surface area contributed by atoms with Crippen LogP contribution in [0.4, 0.5) is 8.78 Å². The third kappa shape index (κ3) is 6.17. The van der Waals surface area contributed by atoms with E-state index in [1.165, 1.54) is 37.4 Å². The molecule has 2 aromatic carbocycles. The predicted molar refractivity (Wildman–Crippen MR) is 95.8 cm³/mol. The van der Waals surface area contributed by atoms with Crippen molar-refractivity contribution in [1.82, 2.24) is 4.72 Å². The lowest BCUT2D eigenvalue weighted by Crippen LogP contribution is -2.30. The molecule has 2 aromatic rings. The molecule has 0 unspecified atom stereocenters. The molecule has 0 atom stereocenters. The number of halogens is 2. The van der Waals surface area contributed by atoms with E-state index in [4.69, 9.17) is 9.47 Å². The van der Waals surface area contributed by atoms with Crippen molar-refractivity contribution in [3.8, 4) is 11.5 Å².